The first-order chi connectivity index (χ1) is 20.2. The molecule has 1 amide bonds. The molecule has 0 saturated carbocycles. The van der Waals surface area contributed by atoms with Crippen molar-refractivity contribution in [3.8, 4) is 5.75 Å². The molecule has 42 heavy (non-hydrogen) atoms. The molecule has 2 aliphatic heterocycles. The van der Waals surface area contributed by atoms with E-state index in [1.807, 2.05) is 13.0 Å². The van der Waals surface area contributed by atoms with Gasteiger partial charge in [0.15, 0.2) is 13.3 Å². The second kappa shape index (κ2) is 13.2. The summed E-state index contributed by atoms with van der Waals surface area (Å²) in [5, 5.41) is 3.47. The molecule has 12 heteroatoms. The quantitative estimate of drug-likeness (QED) is 0.203. The number of hydrogen-bond acceptors (Lipinski definition) is 8. The van der Waals surface area contributed by atoms with E-state index in [2.05, 4.69) is 44.2 Å². The van der Waals surface area contributed by atoms with Crippen molar-refractivity contribution >= 4 is 44.9 Å². The van der Waals surface area contributed by atoms with Crippen LogP contribution in [0.25, 0.3) is 10.1 Å². The van der Waals surface area contributed by atoms with E-state index in [9.17, 15) is 22.8 Å². The zero-order valence-corrected chi connectivity index (χ0v) is 24.3. The van der Waals surface area contributed by atoms with E-state index >= 15 is 0 Å². The SMILES string of the molecule is Cc1c2cc(OCCCCN3CCN(c4cccc5sccc45)CC3)cc1N(COC(=O)OCC(F)(F)F)C(=O)CC2. The van der Waals surface area contributed by atoms with Gasteiger partial charge in [0.1, 0.15) is 5.75 Å². The first-order valence-corrected chi connectivity index (χ1v) is 14.9. The van der Waals surface area contributed by atoms with Crippen LogP contribution in [0.2, 0.25) is 0 Å². The lowest BCUT2D eigenvalue weighted by molar-refractivity contribution is -0.165. The number of anilines is 2. The first kappa shape index (κ1) is 30.0. The molecule has 226 valence electrons. The van der Waals surface area contributed by atoms with E-state index in [1.54, 1.807) is 17.4 Å². The number of hydrogen-bond donors (Lipinski definition) is 0. The molecule has 0 spiro atoms. The first-order valence-electron chi connectivity index (χ1n) is 14.0. The van der Waals surface area contributed by atoms with Crippen LogP contribution in [0.5, 0.6) is 5.75 Å². The zero-order valence-electron chi connectivity index (χ0n) is 23.5. The minimum Gasteiger partial charge on any atom is -0.494 e. The summed E-state index contributed by atoms with van der Waals surface area (Å²) in [6.07, 6.45) is -3.64. The minimum atomic E-state index is -4.66. The Balaban J connectivity index is 1.08. The number of piperazine rings is 1. The predicted molar refractivity (Wildman–Crippen MR) is 156 cm³/mol. The molecule has 1 saturated heterocycles. The highest BCUT2D eigenvalue weighted by atomic mass is 32.1. The summed E-state index contributed by atoms with van der Waals surface area (Å²) >= 11 is 1.77. The number of ether oxygens (including phenoxy) is 3. The average molecular weight is 606 g/mol. The molecule has 3 heterocycles. The highest BCUT2D eigenvalue weighted by Crippen LogP contribution is 2.34. The Morgan fingerprint density at radius 1 is 1.00 bits per heavy atom. The molecule has 0 radical (unpaired) electrons. The molecule has 2 aromatic carbocycles. The van der Waals surface area contributed by atoms with Gasteiger partial charge in [-0.1, -0.05) is 6.07 Å². The fourth-order valence-electron chi connectivity index (χ4n) is 5.40. The fraction of sp³-hybridized carbons (Fsp3) is 0.467. The summed E-state index contributed by atoms with van der Waals surface area (Å²) in [7, 11) is 0. The normalized spacial score (nSPS) is 16.0. The summed E-state index contributed by atoms with van der Waals surface area (Å²) in [5.41, 5.74) is 3.59. The van der Waals surface area contributed by atoms with Crippen molar-refractivity contribution in [3.63, 3.8) is 0 Å². The molecule has 0 unspecified atom stereocenters. The predicted octanol–water partition coefficient (Wildman–Crippen LogP) is 6.14. The third kappa shape index (κ3) is 7.46. The van der Waals surface area contributed by atoms with Crippen molar-refractivity contribution < 1.29 is 37.0 Å². The van der Waals surface area contributed by atoms with Crippen molar-refractivity contribution in [3.05, 3.63) is 52.9 Å². The van der Waals surface area contributed by atoms with Crippen LogP contribution in [0, 0.1) is 6.92 Å². The van der Waals surface area contributed by atoms with Crippen LogP contribution in [0.1, 0.15) is 30.4 Å². The Bertz CT molecular complexity index is 1400. The van der Waals surface area contributed by atoms with Crippen LogP contribution in [0.4, 0.5) is 29.3 Å². The number of alkyl halides is 3. The van der Waals surface area contributed by atoms with Gasteiger partial charge in [0, 0.05) is 54.4 Å². The molecule has 2 bridgehead atoms. The Labute approximate surface area is 246 Å². The van der Waals surface area contributed by atoms with E-state index in [0.29, 0.717) is 24.5 Å². The number of halogens is 3. The van der Waals surface area contributed by atoms with Crippen LogP contribution in [0.15, 0.2) is 41.8 Å². The highest BCUT2D eigenvalue weighted by molar-refractivity contribution is 7.17. The summed E-state index contributed by atoms with van der Waals surface area (Å²) in [5.74, 6) is 0.294. The van der Waals surface area contributed by atoms with Gasteiger partial charge < -0.3 is 19.1 Å². The van der Waals surface area contributed by atoms with Crippen molar-refractivity contribution in [1.29, 1.82) is 0 Å². The minimum absolute atomic E-state index is 0.171. The maximum absolute atomic E-state index is 12.7. The average Bonchev–Trinajstić information content (AvgIpc) is 3.44. The van der Waals surface area contributed by atoms with Gasteiger partial charge in [-0.15, -0.1) is 11.3 Å². The lowest BCUT2D eigenvalue weighted by Crippen LogP contribution is -2.46. The van der Waals surface area contributed by atoms with Crippen molar-refractivity contribution in [2.45, 2.75) is 38.8 Å². The Hall–Kier alpha value is -3.51. The van der Waals surface area contributed by atoms with E-state index in [-0.39, 0.29) is 12.3 Å². The van der Waals surface area contributed by atoms with Gasteiger partial charge >= 0.3 is 12.3 Å². The zero-order chi connectivity index (χ0) is 29.7. The Morgan fingerprint density at radius 2 is 1.81 bits per heavy atom. The van der Waals surface area contributed by atoms with Gasteiger partial charge in [0.05, 0.1) is 12.3 Å². The van der Waals surface area contributed by atoms with E-state index < -0.39 is 25.7 Å². The van der Waals surface area contributed by atoms with Crippen LogP contribution < -0.4 is 14.5 Å². The Kier molecular flexibility index (Phi) is 9.42. The summed E-state index contributed by atoms with van der Waals surface area (Å²) in [4.78, 5) is 30.5. The number of unbranched alkanes of at least 4 members (excludes halogenated alkanes) is 1. The van der Waals surface area contributed by atoms with Gasteiger partial charge in [-0.05, 0) is 73.5 Å². The topological polar surface area (TPSA) is 71.6 Å². The standard InChI is InChI=1S/C30H34F3N3O5S/c1-21-22-7-8-28(37)36(20-41-29(38)40-19-30(31,32)33)26(21)18-23(17-22)39-15-3-2-10-34-11-13-35(14-12-34)25-5-4-6-27-24(25)9-16-42-27/h4-6,9,16-18H,2-3,7-8,10-15,19-20H2,1H3. The number of carbonyl (C=O) groups excluding carboxylic acids is 2. The van der Waals surface area contributed by atoms with E-state index in [1.165, 1.54) is 20.7 Å². The summed E-state index contributed by atoms with van der Waals surface area (Å²) in [6.45, 7) is 5.08. The molecule has 5 rings (SSSR count). The van der Waals surface area contributed by atoms with Crippen LogP contribution >= 0.6 is 11.3 Å². The lowest BCUT2D eigenvalue weighted by atomic mass is 10.0. The van der Waals surface area contributed by atoms with Crippen LogP contribution in [-0.4, -0.2) is 75.8 Å². The molecule has 8 nitrogen and oxygen atoms in total. The van der Waals surface area contributed by atoms with Crippen LogP contribution in [-0.2, 0) is 20.7 Å². The smallest absolute Gasteiger partial charge is 0.494 e. The fourth-order valence-corrected chi connectivity index (χ4v) is 6.21. The van der Waals surface area contributed by atoms with Crippen LogP contribution in [0.3, 0.4) is 0 Å². The molecule has 1 aromatic heterocycles. The largest absolute Gasteiger partial charge is 0.510 e. The third-order valence-corrected chi connectivity index (χ3v) is 8.53. The molecular formula is C30H34F3N3O5S. The number of carbonyl (C=O) groups is 2. The molecule has 0 atom stereocenters. The summed E-state index contributed by atoms with van der Waals surface area (Å²) < 4.78 is 53.2. The second-order valence-electron chi connectivity index (χ2n) is 10.5. The number of benzene rings is 2. The molecule has 0 aliphatic carbocycles. The molecule has 2 aliphatic rings. The maximum atomic E-state index is 12.7. The number of rotatable bonds is 10. The van der Waals surface area contributed by atoms with E-state index in [4.69, 9.17) is 9.47 Å². The number of fused-ring (bicyclic) bond motifs is 3. The number of nitrogens with zero attached hydrogens (tertiary/aromatic N) is 3. The van der Waals surface area contributed by atoms with Crippen molar-refractivity contribution in [2.24, 2.45) is 0 Å². The number of aryl methyl sites for hydroxylation is 1. The van der Waals surface area contributed by atoms with Crippen molar-refractivity contribution in [1.82, 2.24) is 4.90 Å². The second-order valence-corrected chi connectivity index (χ2v) is 11.4. The maximum Gasteiger partial charge on any atom is 0.510 e. The van der Waals surface area contributed by atoms with Gasteiger partial charge in [0.25, 0.3) is 0 Å². The molecule has 1 fully saturated rings. The van der Waals surface area contributed by atoms with Gasteiger partial charge in [-0.2, -0.15) is 13.2 Å². The lowest BCUT2D eigenvalue weighted by Gasteiger charge is -2.36. The molecule has 3 aromatic rings. The van der Waals surface area contributed by atoms with E-state index in [0.717, 1.165) is 56.7 Å². The van der Waals surface area contributed by atoms with Crippen molar-refractivity contribution in [2.75, 3.05) is 62.5 Å². The number of amides is 1. The monoisotopic (exact) mass is 605 g/mol. The third-order valence-electron chi connectivity index (χ3n) is 7.65. The Morgan fingerprint density at radius 3 is 2.60 bits per heavy atom. The number of thiophene rings is 1. The van der Waals surface area contributed by atoms with Gasteiger partial charge in [0.2, 0.25) is 5.91 Å². The van der Waals surface area contributed by atoms with Gasteiger partial charge in [-0.3, -0.25) is 14.6 Å². The van der Waals surface area contributed by atoms with Gasteiger partial charge in [-0.25, -0.2) is 4.79 Å². The summed E-state index contributed by atoms with van der Waals surface area (Å²) in [6, 6.07) is 12.3. The molecular weight excluding hydrogens is 571 g/mol. The highest BCUT2D eigenvalue weighted by Gasteiger charge is 2.31. The molecule has 0 N–H and O–H groups in total.